The molecule has 1 aromatic rings. The van der Waals surface area contributed by atoms with Gasteiger partial charge in [0.1, 0.15) is 5.82 Å². The first-order chi connectivity index (χ1) is 8.82. The Kier molecular flexibility index (Phi) is 3.42. The van der Waals surface area contributed by atoms with Crippen molar-refractivity contribution in [3.8, 4) is 0 Å². The second kappa shape index (κ2) is 4.75. The number of hydrogen-bond acceptors (Lipinski definition) is 4. The second-order valence-electron chi connectivity index (χ2n) is 4.42. The molecular weight excluding hydrogens is 263 g/mol. The summed E-state index contributed by atoms with van der Waals surface area (Å²) in [5, 5.41) is 6.58. The van der Waals surface area contributed by atoms with Crippen LogP contribution in [0.15, 0.2) is 6.07 Å². The third-order valence-corrected chi connectivity index (χ3v) is 2.86. The van der Waals surface area contributed by atoms with Crippen LogP contribution >= 0.6 is 0 Å². The van der Waals surface area contributed by atoms with Gasteiger partial charge in [0, 0.05) is 12.1 Å². The van der Waals surface area contributed by atoms with Crippen molar-refractivity contribution in [2.45, 2.75) is 38.5 Å². The number of halogens is 3. The van der Waals surface area contributed by atoms with Gasteiger partial charge < -0.3 is 10.1 Å². The molecule has 1 aliphatic heterocycles. The molecule has 1 aromatic heterocycles. The first-order valence-corrected chi connectivity index (χ1v) is 5.92. The van der Waals surface area contributed by atoms with Gasteiger partial charge in [-0.05, 0) is 20.3 Å². The van der Waals surface area contributed by atoms with Crippen LogP contribution in [0, 0.1) is 0 Å². The summed E-state index contributed by atoms with van der Waals surface area (Å²) in [5.74, 6) is -0.538. The average Bonchev–Trinajstić information content (AvgIpc) is 2.70. The minimum atomic E-state index is -4.40. The summed E-state index contributed by atoms with van der Waals surface area (Å²) >= 11 is 0. The van der Waals surface area contributed by atoms with E-state index in [1.165, 1.54) is 6.07 Å². The van der Waals surface area contributed by atoms with Crippen molar-refractivity contribution in [3.63, 3.8) is 0 Å². The van der Waals surface area contributed by atoms with E-state index in [9.17, 15) is 18.0 Å². The Bertz CT molecular complexity index is 484. The monoisotopic (exact) mass is 277 g/mol. The number of alkyl halides is 3. The number of anilines is 1. The Morgan fingerprint density at radius 2 is 2.32 bits per heavy atom. The molecule has 0 amide bonds. The molecular formula is C11H14F3N3O2. The molecule has 0 spiro atoms. The van der Waals surface area contributed by atoms with Gasteiger partial charge in [0.15, 0.2) is 11.7 Å². The molecule has 0 fully saturated rings. The van der Waals surface area contributed by atoms with Crippen LogP contribution < -0.4 is 5.32 Å². The number of ether oxygens (including phenoxy) is 1. The minimum Gasteiger partial charge on any atom is -0.461 e. The summed E-state index contributed by atoms with van der Waals surface area (Å²) in [6.07, 6.45) is -4.52. The van der Waals surface area contributed by atoms with Gasteiger partial charge in [0.05, 0.1) is 6.61 Å². The topological polar surface area (TPSA) is 56.2 Å². The summed E-state index contributed by atoms with van der Waals surface area (Å²) in [4.78, 5) is 11.5. The van der Waals surface area contributed by atoms with Gasteiger partial charge >= 0.3 is 12.1 Å². The first-order valence-electron chi connectivity index (χ1n) is 5.92. The van der Waals surface area contributed by atoms with Crippen molar-refractivity contribution in [2.24, 2.45) is 0 Å². The normalized spacial score (nSPS) is 22.6. The van der Waals surface area contributed by atoms with Crippen molar-refractivity contribution in [3.05, 3.63) is 11.8 Å². The molecule has 0 bridgehead atoms. The predicted molar refractivity (Wildman–Crippen MR) is 61.0 cm³/mol. The lowest BCUT2D eigenvalue weighted by Gasteiger charge is -2.31. The average molecular weight is 277 g/mol. The van der Waals surface area contributed by atoms with Crippen LogP contribution in [-0.4, -0.2) is 34.6 Å². The van der Waals surface area contributed by atoms with Gasteiger partial charge in [-0.1, -0.05) is 0 Å². The molecule has 19 heavy (non-hydrogen) atoms. The zero-order valence-corrected chi connectivity index (χ0v) is 10.5. The Morgan fingerprint density at radius 1 is 1.63 bits per heavy atom. The van der Waals surface area contributed by atoms with Crippen molar-refractivity contribution in [1.29, 1.82) is 0 Å². The van der Waals surface area contributed by atoms with E-state index in [0.717, 1.165) is 4.68 Å². The molecule has 0 saturated heterocycles. The van der Waals surface area contributed by atoms with E-state index in [2.05, 4.69) is 10.4 Å². The molecule has 0 radical (unpaired) electrons. The van der Waals surface area contributed by atoms with Crippen molar-refractivity contribution < 1.29 is 22.7 Å². The standard InChI is InChI=1S/C11H14F3N3O2/c1-3-19-10(18)7-5-9-15-6(2)4-8(11(12,13)14)17(9)16-7/h5-6,8,15H,3-4H2,1-2H3/t6-,8+/m1/s1. The highest BCUT2D eigenvalue weighted by atomic mass is 19.4. The number of hydrogen-bond donors (Lipinski definition) is 1. The van der Waals surface area contributed by atoms with Crippen molar-refractivity contribution in [2.75, 3.05) is 11.9 Å². The lowest BCUT2D eigenvalue weighted by Crippen LogP contribution is -2.37. The number of carbonyl (C=O) groups excluding carboxylic acids is 1. The molecule has 2 heterocycles. The number of nitrogens with zero attached hydrogens (tertiary/aromatic N) is 2. The highest BCUT2D eigenvalue weighted by Crippen LogP contribution is 2.39. The summed E-state index contributed by atoms with van der Waals surface area (Å²) in [7, 11) is 0. The Hall–Kier alpha value is -1.73. The fraction of sp³-hybridized carbons (Fsp3) is 0.636. The van der Waals surface area contributed by atoms with Gasteiger partial charge in [-0.3, -0.25) is 0 Å². The number of aromatic nitrogens is 2. The molecule has 0 saturated carbocycles. The molecule has 8 heteroatoms. The number of nitrogens with one attached hydrogen (secondary N) is 1. The van der Waals surface area contributed by atoms with Crippen LogP contribution in [0.5, 0.6) is 0 Å². The largest absolute Gasteiger partial charge is 0.461 e. The van der Waals surface area contributed by atoms with Gasteiger partial charge in [0.2, 0.25) is 0 Å². The van der Waals surface area contributed by atoms with Crippen LogP contribution in [-0.2, 0) is 4.74 Å². The zero-order chi connectivity index (χ0) is 14.2. The van der Waals surface area contributed by atoms with Crippen molar-refractivity contribution in [1.82, 2.24) is 9.78 Å². The van der Waals surface area contributed by atoms with E-state index >= 15 is 0 Å². The maximum absolute atomic E-state index is 12.9. The van der Waals surface area contributed by atoms with Crippen LogP contribution in [0.3, 0.4) is 0 Å². The number of carbonyl (C=O) groups is 1. The van der Waals surface area contributed by atoms with E-state index in [1.807, 2.05) is 0 Å². The number of rotatable bonds is 2. The molecule has 2 atom stereocenters. The predicted octanol–water partition coefficient (Wildman–Crippen LogP) is 2.37. The fourth-order valence-electron chi connectivity index (χ4n) is 2.06. The smallest absolute Gasteiger partial charge is 0.410 e. The molecule has 0 aliphatic carbocycles. The van der Waals surface area contributed by atoms with Gasteiger partial charge in [0.25, 0.3) is 0 Å². The van der Waals surface area contributed by atoms with E-state index in [0.29, 0.717) is 0 Å². The van der Waals surface area contributed by atoms with Gasteiger partial charge in [-0.15, -0.1) is 0 Å². The second-order valence-corrected chi connectivity index (χ2v) is 4.42. The lowest BCUT2D eigenvalue weighted by molar-refractivity contribution is -0.173. The van der Waals surface area contributed by atoms with Crippen LogP contribution in [0.2, 0.25) is 0 Å². The van der Waals surface area contributed by atoms with E-state index in [1.54, 1.807) is 13.8 Å². The highest BCUT2D eigenvalue weighted by Gasteiger charge is 2.45. The Balaban J connectivity index is 2.36. The first kappa shape index (κ1) is 13.7. The number of esters is 1. The molecule has 2 rings (SSSR count). The van der Waals surface area contributed by atoms with Crippen LogP contribution in [0.1, 0.15) is 36.8 Å². The summed E-state index contributed by atoms with van der Waals surface area (Å²) in [5.41, 5.74) is -0.118. The lowest BCUT2D eigenvalue weighted by atomic mass is 10.1. The zero-order valence-electron chi connectivity index (χ0n) is 10.5. The van der Waals surface area contributed by atoms with Gasteiger partial charge in [-0.25, -0.2) is 9.48 Å². The number of fused-ring (bicyclic) bond motifs is 1. The molecule has 0 unspecified atom stereocenters. The quantitative estimate of drug-likeness (QED) is 0.843. The van der Waals surface area contributed by atoms with E-state index in [-0.39, 0.29) is 30.6 Å². The summed E-state index contributed by atoms with van der Waals surface area (Å²) < 4.78 is 44.4. The Morgan fingerprint density at radius 3 is 2.89 bits per heavy atom. The molecule has 5 nitrogen and oxygen atoms in total. The van der Waals surface area contributed by atoms with Gasteiger partial charge in [-0.2, -0.15) is 18.3 Å². The highest BCUT2D eigenvalue weighted by molar-refractivity contribution is 5.88. The molecule has 0 aromatic carbocycles. The maximum atomic E-state index is 12.9. The fourth-order valence-corrected chi connectivity index (χ4v) is 2.06. The molecule has 1 aliphatic rings. The van der Waals surface area contributed by atoms with E-state index in [4.69, 9.17) is 4.74 Å². The SMILES string of the molecule is CCOC(=O)c1cc2n(n1)[C@H](C(F)(F)F)C[C@@H](C)N2. The maximum Gasteiger partial charge on any atom is 0.410 e. The molecule has 1 N–H and O–H groups in total. The van der Waals surface area contributed by atoms with Crippen molar-refractivity contribution >= 4 is 11.8 Å². The van der Waals surface area contributed by atoms with Crippen LogP contribution in [0.25, 0.3) is 0 Å². The third-order valence-electron chi connectivity index (χ3n) is 2.86. The Labute approximate surface area is 107 Å². The van der Waals surface area contributed by atoms with Crippen LogP contribution in [0.4, 0.5) is 19.0 Å². The minimum absolute atomic E-state index is 0.118. The molecule has 106 valence electrons. The third kappa shape index (κ3) is 2.66. The summed E-state index contributed by atoms with van der Waals surface area (Å²) in [6, 6.07) is -0.778. The summed E-state index contributed by atoms with van der Waals surface area (Å²) in [6.45, 7) is 3.42. The van der Waals surface area contributed by atoms with E-state index < -0.39 is 18.2 Å².